The van der Waals surface area contributed by atoms with Crippen molar-refractivity contribution in [1.29, 1.82) is 0 Å². The summed E-state index contributed by atoms with van der Waals surface area (Å²) >= 11 is 0. The molecule has 0 radical (unpaired) electrons. The van der Waals surface area contributed by atoms with Crippen LogP contribution in [-0.4, -0.2) is 17.8 Å². The molecular weight excluding hydrogens is 275 g/mol. The highest BCUT2D eigenvalue weighted by Crippen LogP contribution is 2.35. The van der Waals surface area contributed by atoms with Crippen molar-refractivity contribution >= 4 is 23.5 Å². The molecule has 0 bridgehead atoms. The first kappa shape index (κ1) is 15.2. The second-order valence-electron chi connectivity index (χ2n) is 5.18. The van der Waals surface area contributed by atoms with Gasteiger partial charge in [-0.3, -0.25) is 14.9 Å². The van der Waals surface area contributed by atoms with Crippen molar-refractivity contribution in [3.8, 4) is 0 Å². The van der Waals surface area contributed by atoms with Crippen LogP contribution in [0.4, 0.5) is 14.9 Å². The van der Waals surface area contributed by atoms with Gasteiger partial charge in [-0.15, -0.1) is 0 Å². The summed E-state index contributed by atoms with van der Waals surface area (Å²) in [7, 11) is 0. The average molecular weight is 292 g/mol. The van der Waals surface area contributed by atoms with E-state index in [1.807, 2.05) is 0 Å². The Morgan fingerprint density at radius 1 is 1.14 bits per heavy atom. The number of carbonyl (C=O) groups excluding carboxylic acids is 3. The van der Waals surface area contributed by atoms with E-state index in [9.17, 15) is 18.8 Å². The van der Waals surface area contributed by atoms with Gasteiger partial charge in [-0.25, -0.2) is 14.1 Å². The summed E-state index contributed by atoms with van der Waals surface area (Å²) in [5.74, 6) is -1.74. The average Bonchev–Trinajstić information content (AvgIpc) is 2.38. The first-order chi connectivity index (χ1) is 9.85. The number of aryl methyl sites for hydroxylation is 1. The van der Waals surface area contributed by atoms with E-state index < -0.39 is 29.1 Å². The third-order valence-electron chi connectivity index (χ3n) is 3.96. The van der Waals surface area contributed by atoms with Crippen LogP contribution in [0.5, 0.6) is 0 Å². The minimum absolute atomic E-state index is 0.133. The van der Waals surface area contributed by atoms with Crippen LogP contribution < -0.4 is 10.2 Å². The summed E-state index contributed by atoms with van der Waals surface area (Å²) in [5, 5.41) is 2.19. The van der Waals surface area contributed by atoms with Crippen molar-refractivity contribution in [2.45, 2.75) is 33.6 Å². The summed E-state index contributed by atoms with van der Waals surface area (Å²) in [4.78, 5) is 37.6. The summed E-state index contributed by atoms with van der Waals surface area (Å²) in [6, 6.07) is 3.10. The lowest BCUT2D eigenvalue weighted by Gasteiger charge is -2.38. The monoisotopic (exact) mass is 292 g/mol. The van der Waals surface area contributed by atoms with Gasteiger partial charge in [-0.05, 0) is 43.5 Å². The van der Waals surface area contributed by atoms with Gasteiger partial charge in [0.2, 0.25) is 5.91 Å². The molecule has 112 valence electrons. The van der Waals surface area contributed by atoms with Gasteiger partial charge in [-0.1, -0.05) is 13.8 Å². The van der Waals surface area contributed by atoms with Gasteiger partial charge in [0.05, 0.1) is 5.69 Å². The zero-order chi connectivity index (χ0) is 15.8. The van der Waals surface area contributed by atoms with Crippen LogP contribution in [0.3, 0.4) is 0 Å². The Morgan fingerprint density at radius 2 is 1.76 bits per heavy atom. The Hall–Kier alpha value is -2.24. The summed E-state index contributed by atoms with van der Waals surface area (Å²) < 4.78 is 13.5. The Labute approximate surface area is 122 Å². The first-order valence-corrected chi connectivity index (χ1v) is 6.83. The number of nitrogens with one attached hydrogen (secondary N) is 1. The van der Waals surface area contributed by atoms with E-state index in [1.54, 1.807) is 20.8 Å². The highest BCUT2D eigenvalue weighted by Gasteiger charge is 2.51. The molecule has 0 aliphatic carbocycles. The number of carbonyl (C=O) groups is 3. The van der Waals surface area contributed by atoms with Crippen LogP contribution in [0, 0.1) is 18.2 Å². The molecule has 0 aromatic heterocycles. The number of urea groups is 1. The highest BCUT2D eigenvalue weighted by molar-refractivity contribution is 6.29. The first-order valence-electron chi connectivity index (χ1n) is 6.83. The smallest absolute Gasteiger partial charge is 0.276 e. The predicted molar refractivity (Wildman–Crippen MR) is 75.2 cm³/mol. The number of amides is 4. The maximum Gasteiger partial charge on any atom is 0.335 e. The Kier molecular flexibility index (Phi) is 3.80. The molecule has 1 aliphatic heterocycles. The van der Waals surface area contributed by atoms with Crippen molar-refractivity contribution in [1.82, 2.24) is 5.32 Å². The second kappa shape index (κ2) is 5.27. The molecule has 1 fully saturated rings. The molecule has 1 aliphatic rings. The largest absolute Gasteiger partial charge is 0.335 e. The third kappa shape index (κ3) is 2.30. The molecule has 1 heterocycles. The van der Waals surface area contributed by atoms with E-state index in [0.29, 0.717) is 5.56 Å². The molecule has 4 amide bonds. The van der Waals surface area contributed by atoms with E-state index in [4.69, 9.17) is 0 Å². The zero-order valence-electron chi connectivity index (χ0n) is 12.2. The normalized spacial score (nSPS) is 17.9. The lowest BCUT2D eigenvalue weighted by Crippen LogP contribution is -2.64. The topological polar surface area (TPSA) is 66.5 Å². The van der Waals surface area contributed by atoms with Gasteiger partial charge >= 0.3 is 6.03 Å². The fraction of sp³-hybridized carbons (Fsp3) is 0.400. The van der Waals surface area contributed by atoms with Gasteiger partial charge < -0.3 is 0 Å². The van der Waals surface area contributed by atoms with Gasteiger partial charge in [0.25, 0.3) is 5.91 Å². The van der Waals surface area contributed by atoms with Gasteiger partial charge in [0.15, 0.2) is 0 Å². The molecule has 1 N–H and O–H groups in total. The molecule has 5 nitrogen and oxygen atoms in total. The van der Waals surface area contributed by atoms with Crippen LogP contribution in [0.2, 0.25) is 0 Å². The van der Waals surface area contributed by atoms with Crippen LogP contribution >= 0.6 is 0 Å². The molecule has 1 aromatic carbocycles. The lowest BCUT2D eigenvalue weighted by molar-refractivity contribution is -0.143. The maximum absolute atomic E-state index is 13.5. The molecule has 6 heteroatoms. The molecular formula is C15H17FN2O3. The fourth-order valence-corrected chi connectivity index (χ4v) is 2.63. The maximum atomic E-state index is 13.5. The number of rotatable bonds is 3. The van der Waals surface area contributed by atoms with E-state index in [1.165, 1.54) is 12.1 Å². The number of barbiturate groups is 1. The number of hydrogen-bond acceptors (Lipinski definition) is 3. The number of hydrogen-bond donors (Lipinski definition) is 1. The third-order valence-corrected chi connectivity index (χ3v) is 3.96. The molecule has 1 aromatic rings. The number of nitrogens with zero attached hydrogens (tertiary/aromatic N) is 1. The number of benzene rings is 1. The van der Waals surface area contributed by atoms with E-state index in [-0.39, 0.29) is 18.5 Å². The van der Waals surface area contributed by atoms with Gasteiger partial charge in [0.1, 0.15) is 11.2 Å². The van der Waals surface area contributed by atoms with Crippen molar-refractivity contribution in [2.75, 3.05) is 4.90 Å². The van der Waals surface area contributed by atoms with E-state index in [0.717, 1.165) is 11.0 Å². The quantitative estimate of drug-likeness (QED) is 0.870. The second-order valence-corrected chi connectivity index (χ2v) is 5.18. The molecule has 1 saturated heterocycles. The number of imide groups is 2. The lowest BCUT2D eigenvalue weighted by atomic mass is 9.78. The highest BCUT2D eigenvalue weighted by atomic mass is 19.1. The van der Waals surface area contributed by atoms with Crippen LogP contribution in [0.15, 0.2) is 18.2 Å². The Bertz CT molecular complexity index is 603. The molecule has 21 heavy (non-hydrogen) atoms. The Balaban J connectivity index is 2.54. The van der Waals surface area contributed by atoms with Crippen LogP contribution in [0.1, 0.15) is 32.3 Å². The van der Waals surface area contributed by atoms with Crippen LogP contribution in [-0.2, 0) is 9.59 Å². The molecule has 0 saturated carbocycles. The number of anilines is 1. The zero-order valence-corrected chi connectivity index (χ0v) is 12.2. The van der Waals surface area contributed by atoms with Crippen molar-refractivity contribution in [2.24, 2.45) is 5.41 Å². The standard InChI is InChI=1S/C15H17FN2O3/c1-4-15(5-2)12(19)17-14(21)18(13(15)20)11-7-9(3)6-10(16)8-11/h6-8H,4-5H2,1-3H3,(H,17,19,21). The molecule has 0 unspecified atom stereocenters. The van der Waals surface area contributed by atoms with E-state index in [2.05, 4.69) is 5.32 Å². The minimum Gasteiger partial charge on any atom is -0.276 e. The van der Waals surface area contributed by atoms with Crippen molar-refractivity contribution in [3.05, 3.63) is 29.6 Å². The summed E-state index contributed by atoms with van der Waals surface area (Å²) in [5.41, 5.74) is -0.566. The predicted octanol–water partition coefficient (Wildman–Crippen LogP) is 2.52. The van der Waals surface area contributed by atoms with Gasteiger partial charge in [0, 0.05) is 0 Å². The minimum atomic E-state index is -1.28. The summed E-state index contributed by atoms with van der Waals surface area (Å²) in [6.07, 6.45) is 0.540. The number of halogens is 1. The van der Waals surface area contributed by atoms with Crippen LogP contribution in [0.25, 0.3) is 0 Å². The fourth-order valence-electron chi connectivity index (χ4n) is 2.63. The SMILES string of the molecule is CCC1(CC)C(=O)NC(=O)N(c2cc(C)cc(F)c2)C1=O. The molecule has 0 atom stereocenters. The van der Waals surface area contributed by atoms with Gasteiger partial charge in [-0.2, -0.15) is 0 Å². The van der Waals surface area contributed by atoms with E-state index >= 15 is 0 Å². The molecule has 0 spiro atoms. The summed E-state index contributed by atoms with van der Waals surface area (Å²) in [6.45, 7) is 5.09. The van der Waals surface area contributed by atoms with Crippen molar-refractivity contribution in [3.63, 3.8) is 0 Å². The molecule has 2 rings (SSSR count). The van der Waals surface area contributed by atoms with Crippen molar-refractivity contribution < 1.29 is 18.8 Å². The Morgan fingerprint density at radius 3 is 2.29 bits per heavy atom.